The number of carbonyl (C=O) groups is 2. The molecule has 2 amide bonds. The van der Waals surface area contributed by atoms with Gasteiger partial charge >= 0.3 is 0 Å². The summed E-state index contributed by atoms with van der Waals surface area (Å²) in [5, 5.41) is 2.85. The standard InChI is InChI=1S/C22H24N2O2/c1-22(2,3)23-20(25)16-24(4)21(26)19-14-12-18(13-15-19)11-10-17-8-6-5-7-9-17/h5-9,12-15H,16H2,1-4H3,(H,23,25). The van der Waals surface area contributed by atoms with E-state index in [-0.39, 0.29) is 23.9 Å². The highest BCUT2D eigenvalue weighted by molar-refractivity contribution is 5.96. The highest BCUT2D eigenvalue weighted by Gasteiger charge is 2.18. The van der Waals surface area contributed by atoms with Gasteiger partial charge in [-0.25, -0.2) is 0 Å². The van der Waals surface area contributed by atoms with Crippen LogP contribution in [0.3, 0.4) is 0 Å². The van der Waals surface area contributed by atoms with Crippen LogP contribution in [0.4, 0.5) is 0 Å². The first-order chi connectivity index (χ1) is 12.2. The Bertz CT molecular complexity index is 822. The number of likely N-dealkylation sites (N-methyl/N-ethyl adjacent to an activating group) is 1. The summed E-state index contributed by atoms with van der Waals surface area (Å²) in [5.41, 5.74) is 1.98. The number of hydrogen-bond donors (Lipinski definition) is 1. The summed E-state index contributed by atoms with van der Waals surface area (Å²) < 4.78 is 0. The maximum Gasteiger partial charge on any atom is 0.254 e. The Morgan fingerprint density at radius 2 is 1.46 bits per heavy atom. The Morgan fingerprint density at radius 1 is 0.923 bits per heavy atom. The van der Waals surface area contributed by atoms with E-state index in [1.165, 1.54) is 4.90 Å². The van der Waals surface area contributed by atoms with E-state index in [9.17, 15) is 9.59 Å². The summed E-state index contributed by atoms with van der Waals surface area (Å²) in [6.45, 7) is 5.73. The monoisotopic (exact) mass is 348 g/mol. The minimum absolute atomic E-state index is 0.0195. The highest BCUT2D eigenvalue weighted by atomic mass is 16.2. The topological polar surface area (TPSA) is 49.4 Å². The molecule has 0 aromatic heterocycles. The molecular weight excluding hydrogens is 324 g/mol. The molecule has 0 radical (unpaired) electrons. The molecule has 134 valence electrons. The lowest BCUT2D eigenvalue weighted by Crippen LogP contribution is -2.46. The molecule has 4 heteroatoms. The number of amides is 2. The second kappa shape index (κ2) is 8.35. The zero-order valence-corrected chi connectivity index (χ0v) is 15.7. The number of hydrogen-bond acceptors (Lipinski definition) is 2. The lowest BCUT2D eigenvalue weighted by atomic mass is 10.1. The van der Waals surface area contributed by atoms with Gasteiger partial charge in [-0.2, -0.15) is 0 Å². The third-order valence-electron chi connectivity index (χ3n) is 3.50. The van der Waals surface area contributed by atoms with Gasteiger partial charge < -0.3 is 10.2 Å². The van der Waals surface area contributed by atoms with E-state index in [0.717, 1.165) is 11.1 Å². The van der Waals surface area contributed by atoms with Gasteiger partial charge in [-0.3, -0.25) is 9.59 Å². The average molecular weight is 348 g/mol. The average Bonchev–Trinajstić information content (AvgIpc) is 2.59. The summed E-state index contributed by atoms with van der Waals surface area (Å²) in [6.07, 6.45) is 0. The van der Waals surface area contributed by atoms with Gasteiger partial charge in [-0.05, 0) is 57.2 Å². The third kappa shape index (κ3) is 6.10. The number of nitrogens with zero attached hydrogens (tertiary/aromatic N) is 1. The van der Waals surface area contributed by atoms with Crippen LogP contribution in [0.5, 0.6) is 0 Å². The summed E-state index contributed by atoms with van der Waals surface area (Å²) in [6, 6.07) is 16.8. The van der Waals surface area contributed by atoms with E-state index < -0.39 is 0 Å². The van der Waals surface area contributed by atoms with Crippen LogP contribution >= 0.6 is 0 Å². The van der Waals surface area contributed by atoms with E-state index in [0.29, 0.717) is 5.56 Å². The Labute approximate surface area is 155 Å². The molecule has 2 aromatic carbocycles. The van der Waals surface area contributed by atoms with Crippen LogP contribution in [0.2, 0.25) is 0 Å². The molecule has 2 rings (SSSR count). The second-order valence-electron chi connectivity index (χ2n) is 7.15. The fourth-order valence-electron chi connectivity index (χ4n) is 2.33. The van der Waals surface area contributed by atoms with Crippen molar-refractivity contribution in [1.82, 2.24) is 10.2 Å². The lowest BCUT2D eigenvalue weighted by Gasteiger charge is -2.23. The van der Waals surface area contributed by atoms with Gasteiger partial charge in [0.2, 0.25) is 5.91 Å². The molecule has 0 aliphatic carbocycles. The second-order valence-corrected chi connectivity index (χ2v) is 7.15. The lowest BCUT2D eigenvalue weighted by molar-refractivity contribution is -0.122. The molecule has 0 saturated heterocycles. The predicted molar refractivity (Wildman–Crippen MR) is 104 cm³/mol. The zero-order chi connectivity index (χ0) is 19.2. The Balaban J connectivity index is 2.00. The van der Waals surface area contributed by atoms with Crippen molar-refractivity contribution in [2.75, 3.05) is 13.6 Å². The van der Waals surface area contributed by atoms with Gasteiger partial charge in [0.05, 0.1) is 6.54 Å². The van der Waals surface area contributed by atoms with Crippen LogP contribution in [0, 0.1) is 11.8 Å². The van der Waals surface area contributed by atoms with Gasteiger partial charge in [0, 0.05) is 29.3 Å². The van der Waals surface area contributed by atoms with Gasteiger partial charge in [0.1, 0.15) is 0 Å². The van der Waals surface area contributed by atoms with E-state index >= 15 is 0 Å². The first-order valence-corrected chi connectivity index (χ1v) is 8.48. The fraction of sp³-hybridized carbons (Fsp3) is 0.273. The van der Waals surface area contributed by atoms with Gasteiger partial charge in [-0.1, -0.05) is 30.0 Å². The largest absolute Gasteiger partial charge is 0.350 e. The first-order valence-electron chi connectivity index (χ1n) is 8.48. The summed E-state index contributed by atoms with van der Waals surface area (Å²) in [4.78, 5) is 25.8. The van der Waals surface area contributed by atoms with Gasteiger partial charge in [0.25, 0.3) is 5.91 Å². The summed E-state index contributed by atoms with van der Waals surface area (Å²) >= 11 is 0. The summed E-state index contributed by atoms with van der Waals surface area (Å²) in [7, 11) is 1.62. The molecule has 0 heterocycles. The molecule has 0 saturated carbocycles. The number of benzene rings is 2. The smallest absolute Gasteiger partial charge is 0.254 e. The highest BCUT2D eigenvalue weighted by Crippen LogP contribution is 2.07. The maximum atomic E-state index is 12.4. The van der Waals surface area contributed by atoms with Gasteiger partial charge in [-0.15, -0.1) is 0 Å². The molecule has 4 nitrogen and oxygen atoms in total. The molecule has 0 unspecified atom stereocenters. The van der Waals surface area contributed by atoms with Gasteiger partial charge in [0.15, 0.2) is 0 Å². The van der Waals surface area contributed by atoms with Crippen molar-refractivity contribution in [3.05, 3.63) is 71.3 Å². The molecule has 2 aromatic rings. The summed E-state index contributed by atoms with van der Waals surface area (Å²) in [5.74, 6) is 5.78. The maximum absolute atomic E-state index is 12.4. The SMILES string of the molecule is CN(CC(=O)NC(C)(C)C)C(=O)c1ccc(C#Cc2ccccc2)cc1. The van der Waals surface area contributed by atoms with Crippen LogP contribution in [0.25, 0.3) is 0 Å². The Morgan fingerprint density at radius 3 is 2.00 bits per heavy atom. The molecule has 0 fully saturated rings. The molecule has 0 bridgehead atoms. The van der Waals surface area contributed by atoms with Crippen molar-refractivity contribution in [2.45, 2.75) is 26.3 Å². The number of rotatable bonds is 3. The van der Waals surface area contributed by atoms with E-state index in [1.807, 2.05) is 63.2 Å². The normalized spacial score (nSPS) is 10.5. The van der Waals surface area contributed by atoms with Crippen molar-refractivity contribution >= 4 is 11.8 Å². The van der Waals surface area contributed by atoms with Crippen LogP contribution in [0.15, 0.2) is 54.6 Å². The fourth-order valence-corrected chi connectivity index (χ4v) is 2.33. The van der Waals surface area contributed by atoms with Crippen molar-refractivity contribution in [2.24, 2.45) is 0 Å². The van der Waals surface area contributed by atoms with Crippen LogP contribution < -0.4 is 5.32 Å². The molecule has 0 atom stereocenters. The Hall–Kier alpha value is -3.06. The number of nitrogens with one attached hydrogen (secondary N) is 1. The first kappa shape index (κ1) is 19.3. The molecule has 0 aliphatic rings. The molecule has 0 spiro atoms. The van der Waals surface area contributed by atoms with Crippen molar-refractivity contribution in [1.29, 1.82) is 0 Å². The van der Waals surface area contributed by atoms with E-state index in [2.05, 4.69) is 17.2 Å². The van der Waals surface area contributed by atoms with Crippen LogP contribution in [-0.2, 0) is 4.79 Å². The minimum atomic E-state index is -0.319. The minimum Gasteiger partial charge on any atom is -0.350 e. The predicted octanol–water partition coefficient (Wildman–Crippen LogP) is 3.07. The van der Waals surface area contributed by atoms with Crippen molar-refractivity contribution in [3.63, 3.8) is 0 Å². The zero-order valence-electron chi connectivity index (χ0n) is 15.7. The molecule has 26 heavy (non-hydrogen) atoms. The molecule has 1 N–H and O–H groups in total. The van der Waals surface area contributed by atoms with Crippen LogP contribution in [-0.4, -0.2) is 35.8 Å². The van der Waals surface area contributed by atoms with Crippen molar-refractivity contribution < 1.29 is 9.59 Å². The van der Waals surface area contributed by atoms with E-state index in [1.54, 1.807) is 19.2 Å². The molecule has 0 aliphatic heterocycles. The number of carbonyl (C=O) groups excluding carboxylic acids is 2. The Kier molecular flexibility index (Phi) is 6.19. The molecular formula is C22H24N2O2. The van der Waals surface area contributed by atoms with Crippen molar-refractivity contribution in [3.8, 4) is 11.8 Å². The van der Waals surface area contributed by atoms with E-state index in [4.69, 9.17) is 0 Å². The van der Waals surface area contributed by atoms with Crippen LogP contribution in [0.1, 0.15) is 42.3 Å². The quantitative estimate of drug-likeness (QED) is 0.867. The third-order valence-corrected chi connectivity index (χ3v) is 3.50.